The number of pyridine rings is 1. The second-order valence-electron chi connectivity index (χ2n) is 5.40. The predicted octanol–water partition coefficient (Wildman–Crippen LogP) is 4.25. The molecule has 0 N–H and O–H groups in total. The van der Waals surface area contributed by atoms with E-state index in [4.69, 9.17) is 4.74 Å². The van der Waals surface area contributed by atoms with Gasteiger partial charge in [-0.05, 0) is 50.2 Å². The molecule has 0 aliphatic carbocycles. The summed E-state index contributed by atoms with van der Waals surface area (Å²) in [6.07, 6.45) is 1.79. The molecule has 3 nitrogen and oxygen atoms in total. The van der Waals surface area contributed by atoms with Crippen LogP contribution in [0.15, 0.2) is 60.8 Å². The summed E-state index contributed by atoms with van der Waals surface area (Å²) in [4.78, 5) is 17.0. The van der Waals surface area contributed by atoms with Crippen LogP contribution in [0.5, 0.6) is 5.75 Å². The normalized spacial score (nSPS) is 10.9. The van der Waals surface area contributed by atoms with Gasteiger partial charge in [-0.15, -0.1) is 0 Å². The van der Waals surface area contributed by atoms with Gasteiger partial charge in [-0.1, -0.05) is 18.2 Å². The number of benzene rings is 2. The average Bonchev–Trinajstić information content (AvgIpc) is 2.54. The fourth-order valence-electron chi connectivity index (χ4n) is 2.41. The first-order chi connectivity index (χ1) is 10.6. The van der Waals surface area contributed by atoms with Crippen LogP contribution in [0, 0.1) is 0 Å². The first kappa shape index (κ1) is 14.3. The van der Waals surface area contributed by atoms with Gasteiger partial charge < -0.3 is 4.74 Å². The van der Waals surface area contributed by atoms with Crippen LogP contribution in [0.1, 0.15) is 29.8 Å². The molecule has 3 aromatic rings. The number of rotatable bonds is 4. The lowest BCUT2D eigenvalue weighted by molar-refractivity contribution is 0.104. The van der Waals surface area contributed by atoms with E-state index in [1.54, 1.807) is 24.4 Å². The molecule has 0 saturated carbocycles. The zero-order chi connectivity index (χ0) is 15.5. The van der Waals surface area contributed by atoms with Crippen molar-refractivity contribution >= 4 is 16.7 Å². The fourth-order valence-corrected chi connectivity index (χ4v) is 2.41. The summed E-state index contributed by atoms with van der Waals surface area (Å²) in [6.45, 7) is 3.95. The Morgan fingerprint density at radius 2 is 1.73 bits per heavy atom. The number of carbonyl (C=O) groups excluding carboxylic acids is 1. The molecule has 0 unspecified atom stereocenters. The second kappa shape index (κ2) is 5.98. The van der Waals surface area contributed by atoms with E-state index in [1.165, 1.54) is 0 Å². The van der Waals surface area contributed by atoms with Crippen LogP contribution in [0.25, 0.3) is 10.9 Å². The van der Waals surface area contributed by atoms with E-state index < -0.39 is 0 Å². The van der Waals surface area contributed by atoms with E-state index in [0.29, 0.717) is 11.1 Å². The number of fused-ring (bicyclic) bond motifs is 1. The van der Waals surface area contributed by atoms with Gasteiger partial charge in [0.2, 0.25) is 0 Å². The first-order valence-corrected chi connectivity index (χ1v) is 7.30. The molecule has 22 heavy (non-hydrogen) atoms. The van der Waals surface area contributed by atoms with Gasteiger partial charge in [0.1, 0.15) is 5.75 Å². The molecule has 0 radical (unpaired) electrons. The number of ketones is 1. The van der Waals surface area contributed by atoms with E-state index >= 15 is 0 Å². The zero-order valence-corrected chi connectivity index (χ0v) is 12.6. The summed E-state index contributed by atoms with van der Waals surface area (Å²) < 4.78 is 5.60. The Labute approximate surface area is 129 Å². The van der Waals surface area contributed by atoms with E-state index in [9.17, 15) is 4.79 Å². The number of hydrogen-bond acceptors (Lipinski definition) is 3. The lowest BCUT2D eigenvalue weighted by Crippen LogP contribution is -2.06. The van der Waals surface area contributed by atoms with Crippen LogP contribution in [0.2, 0.25) is 0 Å². The molecule has 0 aliphatic rings. The van der Waals surface area contributed by atoms with Crippen molar-refractivity contribution < 1.29 is 9.53 Å². The van der Waals surface area contributed by atoms with Gasteiger partial charge in [-0.3, -0.25) is 9.78 Å². The van der Waals surface area contributed by atoms with Gasteiger partial charge in [-0.2, -0.15) is 0 Å². The molecule has 1 heterocycles. The minimum atomic E-state index is -0.00491. The number of hydrogen-bond donors (Lipinski definition) is 0. The Hall–Kier alpha value is -2.68. The maximum atomic E-state index is 12.7. The number of nitrogens with zero attached hydrogens (tertiary/aromatic N) is 1. The van der Waals surface area contributed by atoms with Crippen LogP contribution < -0.4 is 4.74 Å². The predicted molar refractivity (Wildman–Crippen MR) is 87.4 cm³/mol. The van der Waals surface area contributed by atoms with Crippen molar-refractivity contribution in [1.82, 2.24) is 4.98 Å². The Balaban J connectivity index is 1.96. The van der Waals surface area contributed by atoms with Crippen molar-refractivity contribution in [3.63, 3.8) is 0 Å². The summed E-state index contributed by atoms with van der Waals surface area (Å²) >= 11 is 0. The van der Waals surface area contributed by atoms with Crippen LogP contribution in [0.3, 0.4) is 0 Å². The summed E-state index contributed by atoms with van der Waals surface area (Å²) in [5, 5.41) is 0.873. The monoisotopic (exact) mass is 291 g/mol. The molecule has 0 fully saturated rings. The molecule has 3 rings (SSSR count). The van der Waals surface area contributed by atoms with E-state index in [0.717, 1.165) is 16.7 Å². The lowest BCUT2D eigenvalue weighted by atomic mass is 10.00. The molecular formula is C19H17NO2. The van der Waals surface area contributed by atoms with Crippen LogP contribution >= 0.6 is 0 Å². The minimum absolute atomic E-state index is 0.00491. The molecule has 3 heteroatoms. The summed E-state index contributed by atoms with van der Waals surface area (Å²) in [7, 11) is 0. The van der Waals surface area contributed by atoms with Crippen molar-refractivity contribution in [3.8, 4) is 5.75 Å². The van der Waals surface area contributed by atoms with Gasteiger partial charge in [0.15, 0.2) is 5.78 Å². The molecule has 110 valence electrons. The quantitative estimate of drug-likeness (QED) is 0.674. The number of ether oxygens (including phenoxy) is 1. The summed E-state index contributed by atoms with van der Waals surface area (Å²) in [6, 6.07) is 16.7. The standard InChI is InChI=1S/C19H17NO2/c1-13(2)22-15-9-7-14(8-10-15)19(21)17-11-12-20-18-6-4-3-5-16(17)18/h3-13H,1-2H3. The van der Waals surface area contributed by atoms with E-state index in [1.807, 2.05) is 50.2 Å². The minimum Gasteiger partial charge on any atom is -0.491 e. The maximum Gasteiger partial charge on any atom is 0.193 e. The topological polar surface area (TPSA) is 39.2 Å². The average molecular weight is 291 g/mol. The third-order valence-corrected chi connectivity index (χ3v) is 3.38. The highest BCUT2D eigenvalue weighted by Gasteiger charge is 2.13. The SMILES string of the molecule is CC(C)Oc1ccc(C(=O)c2ccnc3ccccc23)cc1. The van der Waals surface area contributed by atoms with Crippen molar-refractivity contribution in [2.45, 2.75) is 20.0 Å². The highest BCUT2D eigenvalue weighted by molar-refractivity contribution is 6.15. The molecular weight excluding hydrogens is 274 g/mol. The summed E-state index contributed by atoms with van der Waals surface area (Å²) in [5.41, 5.74) is 2.14. The molecule has 2 aromatic carbocycles. The van der Waals surface area contributed by atoms with Crippen molar-refractivity contribution in [3.05, 3.63) is 71.9 Å². The number of aromatic nitrogens is 1. The third-order valence-electron chi connectivity index (χ3n) is 3.38. The smallest absolute Gasteiger partial charge is 0.193 e. The number of para-hydroxylation sites is 1. The molecule has 0 saturated heterocycles. The number of carbonyl (C=O) groups is 1. The second-order valence-corrected chi connectivity index (χ2v) is 5.40. The van der Waals surface area contributed by atoms with Crippen molar-refractivity contribution in [2.75, 3.05) is 0 Å². The Kier molecular flexibility index (Phi) is 3.88. The lowest BCUT2D eigenvalue weighted by Gasteiger charge is -2.10. The van der Waals surface area contributed by atoms with Gasteiger partial charge in [0, 0.05) is 22.7 Å². The van der Waals surface area contributed by atoms with Gasteiger partial charge in [0.25, 0.3) is 0 Å². The molecule has 0 aliphatic heterocycles. The van der Waals surface area contributed by atoms with E-state index in [2.05, 4.69) is 4.98 Å². The largest absolute Gasteiger partial charge is 0.491 e. The Bertz CT molecular complexity index is 802. The highest BCUT2D eigenvalue weighted by atomic mass is 16.5. The zero-order valence-electron chi connectivity index (χ0n) is 12.6. The van der Waals surface area contributed by atoms with Gasteiger partial charge in [-0.25, -0.2) is 0 Å². The Morgan fingerprint density at radius 1 is 1.00 bits per heavy atom. The molecule has 0 spiro atoms. The van der Waals surface area contributed by atoms with Gasteiger partial charge in [0.05, 0.1) is 11.6 Å². The third kappa shape index (κ3) is 2.84. The maximum absolute atomic E-state index is 12.7. The first-order valence-electron chi connectivity index (χ1n) is 7.30. The van der Waals surface area contributed by atoms with Crippen molar-refractivity contribution in [2.24, 2.45) is 0 Å². The Morgan fingerprint density at radius 3 is 2.45 bits per heavy atom. The summed E-state index contributed by atoms with van der Waals surface area (Å²) in [5.74, 6) is 0.765. The molecule has 1 aromatic heterocycles. The van der Waals surface area contributed by atoms with Crippen molar-refractivity contribution in [1.29, 1.82) is 0 Å². The van der Waals surface area contributed by atoms with Gasteiger partial charge >= 0.3 is 0 Å². The van der Waals surface area contributed by atoms with Crippen LogP contribution in [-0.2, 0) is 0 Å². The van der Waals surface area contributed by atoms with E-state index in [-0.39, 0.29) is 11.9 Å². The molecule has 0 bridgehead atoms. The fraction of sp³-hybridized carbons (Fsp3) is 0.158. The van der Waals surface area contributed by atoms with Crippen LogP contribution in [0.4, 0.5) is 0 Å². The molecule has 0 amide bonds. The highest BCUT2D eigenvalue weighted by Crippen LogP contribution is 2.21. The molecule has 0 atom stereocenters. The van der Waals surface area contributed by atoms with Crippen LogP contribution in [-0.4, -0.2) is 16.9 Å².